The highest BCUT2D eigenvalue weighted by atomic mass is 35.5. The van der Waals surface area contributed by atoms with Crippen LogP contribution in [0.5, 0.6) is 5.88 Å². The van der Waals surface area contributed by atoms with Gasteiger partial charge in [-0.15, -0.1) is 0 Å². The number of imidazole rings is 1. The van der Waals surface area contributed by atoms with Crippen LogP contribution in [0.1, 0.15) is 52.8 Å². The summed E-state index contributed by atoms with van der Waals surface area (Å²) < 4.78 is 29.0. The monoisotopic (exact) mass is 554 g/mol. The summed E-state index contributed by atoms with van der Waals surface area (Å²) in [5, 5.41) is 14.3. The summed E-state index contributed by atoms with van der Waals surface area (Å²) in [6, 6.07) is 10.2. The fraction of sp³-hybridized carbons (Fsp3) is 0.407. The van der Waals surface area contributed by atoms with E-state index in [1.807, 2.05) is 16.7 Å². The van der Waals surface area contributed by atoms with E-state index in [0.29, 0.717) is 35.3 Å². The first-order chi connectivity index (χ1) is 18.9. The molecule has 2 saturated heterocycles. The average Bonchev–Trinajstić information content (AvgIpc) is 3.45. The van der Waals surface area contributed by atoms with Gasteiger partial charge in [0.2, 0.25) is 11.7 Å². The van der Waals surface area contributed by atoms with Crippen molar-refractivity contribution in [1.82, 2.24) is 29.0 Å². The number of carboxylic acid groups (broad SMARTS) is 1. The zero-order valence-electron chi connectivity index (χ0n) is 21.2. The number of rotatable bonds is 9. The van der Waals surface area contributed by atoms with Crippen molar-refractivity contribution in [1.29, 1.82) is 0 Å². The Bertz CT molecular complexity index is 1490. The van der Waals surface area contributed by atoms with E-state index in [9.17, 15) is 14.3 Å². The minimum atomic E-state index is -1.07. The quantitative estimate of drug-likeness (QED) is 0.329. The molecule has 1 atom stereocenters. The number of fused-ring (bicyclic) bond motifs is 1. The molecule has 0 bridgehead atoms. The summed E-state index contributed by atoms with van der Waals surface area (Å²) in [4.78, 5) is 22.7. The molecule has 12 heteroatoms. The smallest absolute Gasteiger partial charge is 0.356 e. The second-order valence-electron chi connectivity index (χ2n) is 9.96. The fourth-order valence-corrected chi connectivity index (χ4v) is 5.23. The van der Waals surface area contributed by atoms with Gasteiger partial charge in [-0.3, -0.25) is 9.47 Å². The van der Waals surface area contributed by atoms with Gasteiger partial charge in [0.15, 0.2) is 5.69 Å². The van der Waals surface area contributed by atoms with Crippen LogP contribution in [0, 0.1) is 5.82 Å². The molecule has 2 aliphatic rings. The second-order valence-corrected chi connectivity index (χ2v) is 10.4. The maximum Gasteiger partial charge on any atom is 0.356 e. The van der Waals surface area contributed by atoms with Gasteiger partial charge in [0, 0.05) is 34.9 Å². The summed E-state index contributed by atoms with van der Waals surface area (Å²) in [5.41, 5.74) is 1.37. The average molecular weight is 555 g/mol. The third kappa shape index (κ3) is 5.61. The van der Waals surface area contributed by atoms with E-state index in [2.05, 4.69) is 15.0 Å². The third-order valence-corrected chi connectivity index (χ3v) is 7.59. The van der Waals surface area contributed by atoms with Crippen LogP contribution < -0.4 is 4.74 Å². The Morgan fingerprint density at radius 1 is 1.18 bits per heavy atom. The molecule has 5 heterocycles. The van der Waals surface area contributed by atoms with Crippen LogP contribution in [0.4, 0.5) is 4.39 Å². The molecule has 0 spiro atoms. The Kier molecular flexibility index (Phi) is 7.20. The molecular formula is C27H28ClFN6O4. The fourth-order valence-electron chi connectivity index (χ4n) is 5.07. The molecule has 1 unspecified atom stereocenters. The largest absolute Gasteiger partial charge is 0.476 e. The van der Waals surface area contributed by atoms with E-state index in [1.54, 1.807) is 22.7 Å². The van der Waals surface area contributed by atoms with Crippen LogP contribution in [-0.4, -0.2) is 65.9 Å². The lowest BCUT2D eigenvalue weighted by atomic mass is 9.93. The lowest BCUT2D eigenvalue weighted by molar-refractivity contribution is -0.0593. The number of carboxylic acids is 1. The van der Waals surface area contributed by atoms with Crippen LogP contribution in [0.25, 0.3) is 5.78 Å². The zero-order valence-corrected chi connectivity index (χ0v) is 21.9. The number of pyridine rings is 1. The first kappa shape index (κ1) is 25.7. The summed E-state index contributed by atoms with van der Waals surface area (Å²) in [5.74, 6) is 0.640. The molecule has 0 saturated carbocycles. The van der Waals surface area contributed by atoms with Crippen molar-refractivity contribution < 1.29 is 23.8 Å². The molecule has 2 fully saturated rings. The second kappa shape index (κ2) is 10.9. The predicted octanol–water partition coefficient (Wildman–Crippen LogP) is 4.16. The van der Waals surface area contributed by atoms with Gasteiger partial charge < -0.3 is 14.6 Å². The third-order valence-electron chi connectivity index (χ3n) is 7.35. The maximum absolute atomic E-state index is 14.1. The standard InChI is InChI=1S/C27H28ClFN6O4/c28-19-5-4-18(21(29)12-19)16-39-25-3-1-2-22(30-25)17-6-9-33(10-7-17)15-24-32-35-14-23(26(36)37)31-27(35)34(24)13-20-8-11-38-20/h1-5,12,14,17,20H,6-11,13,15-16H2,(H,36,37). The number of likely N-dealkylation sites (tertiary alicyclic amines) is 1. The number of piperidine rings is 1. The van der Waals surface area contributed by atoms with Crippen molar-refractivity contribution >= 4 is 23.3 Å². The summed E-state index contributed by atoms with van der Waals surface area (Å²) >= 11 is 5.83. The minimum Gasteiger partial charge on any atom is -0.476 e. The number of hydrogen-bond acceptors (Lipinski definition) is 7. The highest BCUT2D eigenvalue weighted by molar-refractivity contribution is 6.30. The molecule has 4 aromatic rings. The molecule has 39 heavy (non-hydrogen) atoms. The SMILES string of the molecule is O=C(O)c1cn2nc(CN3CCC(c4cccc(OCc5ccc(Cl)cc5F)n4)CC3)n(CC3CCO3)c2n1. The van der Waals surface area contributed by atoms with E-state index >= 15 is 0 Å². The Morgan fingerprint density at radius 3 is 2.72 bits per heavy atom. The first-order valence-corrected chi connectivity index (χ1v) is 13.4. The minimum absolute atomic E-state index is 0.0230. The van der Waals surface area contributed by atoms with Gasteiger partial charge in [0.05, 0.1) is 25.4 Å². The topological polar surface area (TPSA) is 107 Å². The van der Waals surface area contributed by atoms with Crippen molar-refractivity contribution in [2.45, 2.75) is 51.0 Å². The Labute approximate surface area is 228 Å². The van der Waals surface area contributed by atoms with Crippen molar-refractivity contribution in [2.75, 3.05) is 19.7 Å². The van der Waals surface area contributed by atoms with Crippen molar-refractivity contribution in [3.8, 4) is 5.88 Å². The number of aromatic carboxylic acids is 1. The molecule has 6 rings (SSSR count). The summed E-state index contributed by atoms with van der Waals surface area (Å²) in [6.45, 7) is 3.78. The van der Waals surface area contributed by atoms with Crippen LogP contribution in [0.3, 0.4) is 0 Å². The Balaban J connectivity index is 1.09. The van der Waals surface area contributed by atoms with Gasteiger partial charge in [-0.2, -0.15) is 5.10 Å². The van der Waals surface area contributed by atoms with Crippen molar-refractivity contribution in [3.63, 3.8) is 0 Å². The van der Waals surface area contributed by atoms with Crippen LogP contribution in [0.2, 0.25) is 5.02 Å². The normalized spacial score (nSPS) is 18.4. The van der Waals surface area contributed by atoms with Crippen LogP contribution in [-0.2, 0) is 24.4 Å². The number of aromatic nitrogens is 5. The summed E-state index contributed by atoms with van der Waals surface area (Å²) in [6.07, 6.45) is 4.36. The number of benzene rings is 1. The van der Waals surface area contributed by atoms with Gasteiger partial charge in [-0.25, -0.2) is 23.7 Å². The zero-order chi connectivity index (χ0) is 26.9. The lowest BCUT2D eigenvalue weighted by Gasteiger charge is -2.32. The molecule has 0 amide bonds. The molecule has 3 aromatic heterocycles. The molecule has 0 aliphatic carbocycles. The Morgan fingerprint density at radius 2 is 2.00 bits per heavy atom. The van der Waals surface area contributed by atoms with E-state index < -0.39 is 11.8 Å². The molecule has 2 aliphatic heterocycles. The van der Waals surface area contributed by atoms with E-state index in [-0.39, 0.29) is 24.3 Å². The number of ether oxygens (including phenoxy) is 2. The number of hydrogen-bond donors (Lipinski definition) is 1. The first-order valence-electron chi connectivity index (χ1n) is 13.0. The molecular weight excluding hydrogens is 527 g/mol. The molecule has 204 valence electrons. The predicted molar refractivity (Wildman–Crippen MR) is 140 cm³/mol. The van der Waals surface area contributed by atoms with E-state index in [1.165, 1.54) is 12.3 Å². The van der Waals surface area contributed by atoms with Crippen molar-refractivity contribution in [2.24, 2.45) is 0 Å². The lowest BCUT2D eigenvalue weighted by Crippen LogP contribution is -2.35. The van der Waals surface area contributed by atoms with E-state index in [4.69, 9.17) is 26.1 Å². The van der Waals surface area contributed by atoms with Gasteiger partial charge >= 0.3 is 5.97 Å². The Hall–Kier alpha value is -3.54. The van der Waals surface area contributed by atoms with E-state index in [0.717, 1.165) is 50.5 Å². The van der Waals surface area contributed by atoms with Gasteiger partial charge in [-0.05, 0) is 50.6 Å². The van der Waals surface area contributed by atoms with Gasteiger partial charge in [0.1, 0.15) is 18.2 Å². The molecule has 1 aromatic carbocycles. The highest BCUT2D eigenvalue weighted by Crippen LogP contribution is 2.29. The van der Waals surface area contributed by atoms with Crippen LogP contribution >= 0.6 is 11.6 Å². The maximum atomic E-state index is 14.1. The number of carbonyl (C=O) groups is 1. The number of nitrogens with zero attached hydrogens (tertiary/aromatic N) is 6. The van der Waals surface area contributed by atoms with Crippen LogP contribution in [0.15, 0.2) is 42.6 Å². The number of halogens is 2. The summed E-state index contributed by atoms with van der Waals surface area (Å²) in [7, 11) is 0. The molecule has 0 radical (unpaired) electrons. The molecule has 10 nitrogen and oxygen atoms in total. The highest BCUT2D eigenvalue weighted by Gasteiger charge is 2.27. The van der Waals surface area contributed by atoms with Gasteiger partial charge in [-0.1, -0.05) is 23.7 Å². The van der Waals surface area contributed by atoms with Gasteiger partial charge in [0.25, 0.3) is 0 Å². The molecule has 1 N–H and O–H groups in total. The van der Waals surface area contributed by atoms with Crippen molar-refractivity contribution in [3.05, 3.63) is 76.2 Å².